The fourth-order valence-corrected chi connectivity index (χ4v) is 3.08. The third-order valence-corrected chi connectivity index (χ3v) is 4.13. The molecule has 1 saturated carbocycles. The Labute approximate surface area is 123 Å². The van der Waals surface area contributed by atoms with Crippen molar-refractivity contribution >= 4 is 23.1 Å². The number of hydrogen-bond acceptors (Lipinski definition) is 4. The number of nitrogens with two attached hydrogens (primary N) is 1. The minimum atomic E-state index is -0.623. The number of nitrogens with zero attached hydrogens (tertiary/aromatic N) is 2. The van der Waals surface area contributed by atoms with Crippen LogP contribution in [0.3, 0.4) is 0 Å². The third-order valence-electron chi connectivity index (χ3n) is 3.83. The van der Waals surface area contributed by atoms with E-state index >= 15 is 0 Å². The van der Waals surface area contributed by atoms with E-state index in [1.165, 1.54) is 0 Å². The molecule has 1 aromatic rings. The number of halogens is 1. The lowest BCUT2D eigenvalue weighted by Crippen LogP contribution is -2.39. The molecule has 1 aromatic carbocycles. The van der Waals surface area contributed by atoms with Crippen molar-refractivity contribution in [2.45, 2.75) is 31.3 Å². The van der Waals surface area contributed by atoms with E-state index in [-0.39, 0.29) is 5.84 Å². The summed E-state index contributed by atoms with van der Waals surface area (Å²) in [5.74, 6) is 0.0236. The first kappa shape index (κ1) is 14.9. The maximum absolute atomic E-state index is 10.4. The van der Waals surface area contributed by atoms with Crippen molar-refractivity contribution < 1.29 is 10.3 Å². The van der Waals surface area contributed by atoms with Crippen LogP contribution in [0.5, 0.6) is 0 Å². The number of benzene rings is 1. The molecule has 0 radical (unpaired) electrons. The third kappa shape index (κ3) is 3.16. The zero-order valence-corrected chi connectivity index (χ0v) is 12.3. The molecule has 0 amide bonds. The molecule has 6 heteroatoms. The molecule has 1 aliphatic carbocycles. The Balaban J connectivity index is 2.16. The van der Waals surface area contributed by atoms with Gasteiger partial charge in [-0.1, -0.05) is 29.6 Å². The van der Waals surface area contributed by atoms with Gasteiger partial charge in [0.2, 0.25) is 0 Å². The summed E-state index contributed by atoms with van der Waals surface area (Å²) in [6.45, 7) is 0.551. The lowest BCUT2D eigenvalue weighted by atomic mass is 10.0. The molecule has 0 saturated heterocycles. The number of oxime groups is 1. The normalized spacial score (nSPS) is 18.2. The number of hydrogen-bond donors (Lipinski definition) is 3. The largest absolute Gasteiger partial charge is 0.409 e. The van der Waals surface area contributed by atoms with E-state index in [1.54, 1.807) is 12.1 Å². The lowest BCUT2D eigenvalue weighted by Gasteiger charge is -2.30. The minimum absolute atomic E-state index is 0.0236. The van der Waals surface area contributed by atoms with Gasteiger partial charge in [-0.2, -0.15) is 0 Å². The lowest BCUT2D eigenvalue weighted by molar-refractivity contribution is 0.0559. The van der Waals surface area contributed by atoms with Crippen molar-refractivity contribution in [2.24, 2.45) is 10.9 Å². The van der Waals surface area contributed by atoms with Gasteiger partial charge in [-0.15, -0.1) is 0 Å². The molecule has 110 valence electrons. The second kappa shape index (κ2) is 5.89. The summed E-state index contributed by atoms with van der Waals surface area (Å²) in [7, 11) is 1.90. The molecule has 0 aliphatic heterocycles. The van der Waals surface area contributed by atoms with Gasteiger partial charge in [0, 0.05) is 19.2 Å². The molecule has 1 fully saturated rings. The molecule has 1 aliphatic rings. The highest BCUT2D eigenvalue weighted by molar-refractivity contribution is 6.33. The van der Waals surface area contributed by atoms with Crippen molar-refractivity contribution in [1.82, 2.24) is 0 Å². The zero-order chi connectivity index (χ0) is 14.8. The SMILES string of the molecule is CN(CC1(O)CCCC1)c1ccc(/C(N)=N/O)cc1Cl. The Bertz CT molecular complexity index is 513. The molecule has 5 nitrogen and oxygen atoms in total. The molecule has 0 bridgehead atoms. The summed E-state index contributed by atoms with van der Waals surface area (Å²) in [6.07, 6.45) is 3.80. The quantitative estimate of drug-likeness (QED) is 0.344. The molecule has 0 spiro atoms. The number of likely N-dealkylation sites (N-methyl/N-ethyl adjacent to an activating group) is 1. The maximum Gasteiger partial charge on any atom is 0.170 e. The number of amidine groups is 1. The van der Waals surface area contributed by atoms with Crippen molar-refractivity contribution in [3.05, 3.63) is 28.8 Å². The summed E-state index contributed by atoms with van der Waals surface area (Å²) in [4.78, 5) is 1.95. The van der Waals surface area contributed by atoms with Crippen LogP contribution in [0.2, 0.25) is 5.02 Å². The first-order valence-electron chi connectivity index (χ1n) is 6.66. The van der Waals surface area contributed by atoms with Gasteiger partial charge in [-0.25, -0.2) is 0 Å². The molecule has 0 heterocycles. The molecule has 2 rings (SSSR count). The Morgan fingerprint density at radius 1 is 1.45 bits per heavy atom. The Hall–Kier alpha value is -1.46. The van der Waals surface area contributed by atoms with Crippen molar-refractivity contribution in [3.63, 3.8) is 0 Å². The summed E-state index contributed by atoms with van der Waals surface area (Å²) in [5, 5.41) is 22.6. The van der Waals surface area contributed by atoms with Gasteiger partial charge >= 0.3 is 0 Å². The van der Waals surface area contributed by atoms with Gasteiger partial charge in [0.1, 0.15) is 0 Å². The minimum Gasteiger partial charge on any atom is -0.409 e. The average Bonchev–Trinajstić information content (AvgIpc) is 2.83. The van der Waals surface area contributed by atoms with Crippen LogP contribution in [-0.2, 0) is 0 Å². The van der Waals surface area contributed by atoms with Gasteiger partial charge < -0.3 is 20.9 Å². The van der Waals surface area contributed by atoms with Crippen LogP contribution in [-0.4, -0.2) is 35.3 Å². The second-order valence-electron chi connectivity index (χ2n) is 5.44. The van der Waals surface area contributed by atoms with Crippen LogP contribution in [0, 0.1) is 0 Å². The van der Waals surface area contributed by atoms with Crippen LogP contribution in [0.1, 0.15) is 31.2 Å². The van der Waals surface area contributed by atoms with Gasteiger partial charge in [0.05, 0.1) is 16.3 Å². The fraction of sp³-hybridized carbons (Fsp3) is 0.500. The van der Waals surface area contributed by atoms with Gasteiger partial charge in [-0.05, 0) is 31.0 Å². The van der Waals surface area contributed by atoms with E-state index in [4.69, 9.17) is 22.5 Å². The van der Waals surface area contributed by atoms with E-state index in [1.807, 2.05) is 18.0 Å². The van der Waals surface area contributed by atoms with Crippen molar-refractivity contribution in [3.8, 4) is 0 Å². The molecular formula is C14H20ClN3O2. The molecule has 20 heavy (non-hydrogen) atoms. The number of anilines is 1. The smallest absolute Gasteiger partial charge is 0.170 e. The topological polar surface area (TPSA) is 82.1 Å². The average molecular weight is 298 g/mol. The molecule has 0 atom stereocenters. The first-order chi connectivity index (χ1) is 9.45. The number of rotatable bonds is 4. The summed E-state index contributed by atoms with van der Waals surface area (Å²) < 4.78 is 0. The zero-order valence-electron chi connectivity index (χ0n) is 11.5. The monoisotopic (exact) mass is 297 g/mol. The maximum atomic E-state index is 10.4. The van der Waals surface area contributed by atoms with Gasteiger partial charge in [0.25, 0.3) is 0 Å². The Kier molecular flexibility index (Phi) is 4.40. The molecule has 4 N–H and O–H groups in total. The number of aliphatic hydroxyl groups is 1. The molecule has 0 unspecified atom stereocenters. The van der Waals surface area contributed by atoms with E-state index < -0.39 is 5.60 Å². The van der Waals surface area contributed by atoms with E-state index in [0.717, 1.165) is 31.4 Å². The van der Waals surface area contributed by atoms with Crippen LogP contribution in [0.15, 0.2) is 23.4 Å². The highest BCUT2D eigenvalue weighted by Gasteiger charge is 2.32. The van der Waals surface area contributed by atoms with E-state index in [9.17, 15) is 5.11 Å². The summed E-state index contributed by atoms with van der Waals surface area (Å²) in [5.41, 5.74) is 6.29. The predicted molar refractivity (Wildman–Crippen MR) is 80.7 cm³/mol. The predicted octanol–water partition coefficient (Wildman–Crippen LogP) is 2.18. The van der Waals surface area contributed by atoms with E-state index in [2.05, 4.69) is 5.16 Å². The first-order valence-corrected chi connectivity index (χ1v) is 7.04. The summed E-state index contributed by atoms with van der Waals surface area (Å²) >= 11 is 6.24. The van der Waals surface area contributed by atoms with Crippen molar-refractivity contribution in [2.75, 3.05) is 18.5 Å². The summed E-state index contributed by atoms with van der Waals surface area (Å²) in [6, 6.07) is 5.21. The molecule has 0 aromatic heterocycles. The fourth-order valence-electron chi connectivity index (χ4n) is 2.75. The van der Waals surface area contributed by atoms with Crippen LogP contribution in [0.25, 0.3) is 0 Å². The van der Waals surface area contributed by atoms with Gasteiger partial charge in [-0.3, -0.25) is 0 Å². The molecular weight excluding hydrogens is 278 g/mol. The highest BCUT2D eigenvalue weighted by atomic mass is 35.5. The van der Waals surface area contributed by atoms with Crippen molar-refractivity contribution in [1.29, 1.82) is 0 Å². The second-order valence-corrected chi connectivity index (χ2v) is 5.85. The Morgan fingerprint density at radius 3 is 2.65 bits per heavy atom. The highest BCUT2D eigenvalue weighted by Crippen LogP contribution is 2.33. The van der Waals surface area contributed by atoms with Gasteiger partial charge in [0.15, 0.2) is 5.84 Å². The standard InChI is InChI=1S/C14H20ClN3O2/c1-18(9-14(19)6-2-3-7-14)12-5-4-10(8-11(12)15)13(16)17-20/h4-5,8,19-20H,2-3,6-7,9H2,1H3,(H2,16,17). The van der Waals surface area contributed by atoms with Crippen LogP contribution >= 0.6 is 11.6 Å². The van der Waals surface area contributed by atoms with Crippen LogP contribution < -0.4 is 10.6 Å². The van der Waals surface area contributed by atoms with E-state index in [0.29, 0.717) is 17.1 Å². The Morgan fingerprint density at radius 2 is 2.10 bits per heavy atom. The van der Waals surface area contributed by atoms with Crippen LogP contribution in [0.4, 0.5) is 5.69 Å².